The van der Waals surface area contributed by atoms with Crippen LogP contribution >= 0.6 is 0 Å². The highest BCUT2D eigenvalue weighted by Gasteiger charge is 2.32. The van der Waals surface area contributed by atoms with E-state index >= 15 is 0 Å². The maximum Gasteiger partial charge on any atom is 0.416 e. The van der Waals surface area contributed by atoms with Crippen molar-refractivity contribution < 1.29 is 41.7 Å². The van der Waals surface area contributed by atoms with Gasteiger partial charge in [-0.3, -0.25) is 9.59 Å². The Hall–Kier alpha value is -5.20. The van der Waals surface area contributed by atoms with Crippen molar-refractivity contribution in [2.75, 3.05) is 30.1 Å². The highest BCUT2D eigenvalue weighted by molar-refractivity contribution is 5.96. The van der Waals surface area contributed by atoms with Gasteiger partial charge in [-0.15, -0.1) is 0 Å². The van der Waals surface area contributed by atoms with Gasteiger partial charge in [0.25, 0.3) is 0 Å². The number of ether oxygens (including phenoxy) is 2. The molecular formula is C38H40F4N4O5. The zero-order chi connectivity index (χ0) is 36.7. The van der Waals surface area contributed by atoms with E-state index in [4.69, 9.17) is 14.6 Å². The fraction of sp³-hybridized carbons (Fsp3) is 0.368. The Labute approximate surface area is 293 Å². The molecule has 1 aromatic heterocycles. The Morgan fingerprint density at radius 3 is 2.37 bits per heavy atom. The second-order valence-corrected chi connectivity index (χ2v) is 12.7. The minimum absolute atomic E-state index is 0.00469. The Bertz CT molecular complexity index is 1850. The number of alkyl halides is 4. The number of methoxy groups -OCH3 is 1. The van der Waals surface area contributed by atoms with E-state index in [2.05, 4.69) is 23.8 Å². The summed E-state index contributed by atoms with van der Waals surface area (Å²) < 4.78 is 66.8. The Balaban J connectivity index is 1.61. The summed E-state index contributed by atoms with van der Waals surface area (Å²) in [4.78, 5) is 36.0. The first-order chi connectivity index (χ1) is 24.4. The monoisotopic (exact) mass is 708 g/mol. The van der Waals surface area contributed by atoms with Crippen molar-refractivity contribution in [3.63, 3.8) is 0 Å². The van der Waals surface area contributed by atoms with E-state index in [-0.39, 0.29) is 67.2 Å². The number of halogens is 4. The van der Waals surface area contributed by atoms with Crippen molar-refractivity contribution in [3.8, 4) is 22.6 Å². The quantitative estimate of drug-likeness (QED) is 0.0971. The van der Waals surface area contributed by atoms with Crippen LogP contribution in [0.2, 0.25) is 0 Å². The molecule has 5 rings (SSSR count). The number of carboxylic acid groups (broad SMARTS) is 1. The lowest BCUT2D eigenvalue weighted by Crippen LogP contribution is -2.26. The number of aromatic nitrogens is 2. The van der Waals surface area contributed by atoms with Crippen LogP contribution in [0.3, 0.4) is 0 Å². The molecule has 1 fully saturated rings. The van der Waals surface area contributed by atoms with Crippen molar-refractivity contribution in [1.82, 2.24) is 9.97 Å². The van der Waals surface area contributed by atoms with Crippen LogP contribution in [0.4, 0.5) is 29.2 Å². The summed E-state index contributed by atoms with van der Waals surface area (Å²) >= 11 is 0. The summed E-state index contributed by atoms with van der Waals surface area (Å²) in [5, 5.41) is 8.90. The Morgan fingerprint density at radius 2 is 1.75 bits per heavy atom. The lowest BCUT2D eigenvalue weighted by molar-refractivity contribution is -0.138. The first-order valence-corrected chi connectivity index (χ1v) is 16.7. The summed E-state index contributed by atoms with van der Waals surface area (Å²) in [6.45, 7) is 3.72. The molecule has 13 heteroatoms. The minimum Gasteiger partial charge on any atom is -0.496 e. The molecule has 4 aromatic rings. The highest BCUT2D eigenvalue weighted by Crippen LogP contribution is 2.39. The van der Waals surface area contributed by atoms with Crippen molar-refractivity contribution in [2.45, 2.75) is 71.4 Å². The van der Waals surface area contributed by atoms with E-state index < -0.39 is 24.4 Å². The van der Waals surface area contributed by atoms with E-state index in [9.17, 15) is 27.2 Å². The highest BCUT2D eigenvalue weighted by atomic mass is 19.4. The number of benzene rings is 3. The predicted molar refractivity (Wildman–Crippen MR) is 185 cm³/mol. The Kier molecular flexibility index (Phi) is 11.8. The van der Waals surface area contributed by atoms with Gasteiger partial charge in [-0.25, -0.2) is 14.4 Å². The number of anilines is 2. The van der Waals surface area contributed by atoms with Gasteiger partial charge in [0.15, 0.2) is 5.75 Å². The van der Waals surface area contributed by atoms with Gasteiger partial charge >= 0.3 is 12.1 Å². The lowest BCUT2D eigenvalue weighted by Gasteiger charge is -2.27. The van der Waals surface area contributed by atoms with Gasteiger partial charge in [-0.05, 0) is 83.0 Å². The number of carbonyl (C=O) groups is 2. The van der Waals surface area contributed by atoms with Crippen LogP contribution in [-0.4, -0.2) is 47.2 Å². The number of rotatable bonds is 15. The summed E-state index contributed by atoms with van der Waals surface area (Å²) in [5.74, 6) is 0.313. The molecule has 270 valence electrons. The van der Waals surface area contributed by atoms with Gasteiger partial charge in [-0.1, -0.05) is 32.0 Å². The molecule has 1 saturated heterocycles. The van der Waals surface area contributed by atoms with Gasteiger partial charge in [-0.2, -0.15) is 13.2 Å². The van der Waals surface area contributed by atoms with E-state index in [0.29, 0.717) is 24.4 Å². The summed E-state index contributed by atoms with van der Waals surface area (Å²) in [6, 6.07) is 14.8. The van der Waals surface area contributed by atoms with E-state index in [1.165, 1.54) is 18.5 Å². The molecule has 0 saturated carbocycles. The molecule has 0 bridgehead atoms. The predicted octanol–water partition coefficient (Wildman–Crippen LogP) is 8.34. The molecule has 0 atom stereocenters. The van der Waals surface area contributed by atoms with Crippen LogP contribution in [0.25, 0.3) is 11.1 Å². The molecule has 9 nitrogen and oxygen atoms in total. The number of amides is 1. The van der Waals surface area contributed by atoms with Crippen molar-refractivity contribution in [1.29, 1.82) is 0 Å². The summed E-state index contributed by atoms with van der Waals surface area (Å²) in [5.41, 5.74) is 3.16. The van der Waals surface area contributed by atoms with Crippen molar-refractivity contribution in [3.05, 3.63) is 94.8 Å². The standard InChI is InChI=1S/C38H40F4N4O5/c1-24(2)27-8-11-34(50-3)33(18-27)32-10-9-30(46-12-4-6-35(46)47)17-28(32)23-45(22-26-14-25(19-39)15-29(16-26)38(40,41)42)37-43-20-31(21-44-37)51-13-5-7-36(48)49/h8-11,14-18,20-21,24H,4-7,12-13,19,22-23H2,1-3H3,(H,48,49). The number of aliphatic carboxylic acids is 1. The number of hydrogen-bond donors (Lipinski definition) is 1. The molecule has 0 unspecified atom stereocenters. The topological polar surface area (TPSA) is 105 Å². The first kappa shape index (κ1) is 37.1. The number of hydrogen-bond acceptors (Lipinski definition) is 7. The molecule has 0 spiro atoms. The van der Waals surface area contributed by atoms with Crippen molar-refractivity contribution >= 4 is 23.5 Å². The molecule has 51 heavy (non-hydrogen) atoms. The molecule has 3 aromatic carbocycles. The zero-order valence-corrected chi connectivity index (χ0v) is 28.7. The maximum absolute atomic E-state index is 13.9. The second kappa shape index (κ2) is 16.2. The maximum atomic E-state index is 13.9. The van der Waals surface area contributed by atoms with E-state index in [1.807, 2.05) is 36.4 Å². The van der Waals surface area contributed by atoms with Crippen LogP contribution in [0.5, 0.6) is 11.5 Å². The third kappa shape index (κ3) is 9.33. The van der Waals surface area contributed by atoms with Crippen LogP contribution in [-0.2, 0) is 35.5 Å². The molecule has 0 radical (unpaired) electrons. The molecular weight excluding hydrogens is 668 g/mol. The van der Waals surface area contributed by atoms with Gasteiger partial charge in [0, 0.05) is 43.7 Å². The van der Waals surface area contributed by atoms with Crippen molar-refractivity contribution in [2.24, 2.45) is 0 Å². The first-order valence-electron chi connectivity index (χ1n) is 16.7. The molecule has 0 aliphatic carbocycles. The Morgan fingerprint density at radius 1 is 1.00 bits per heavy atom. The fourth-order valence-corrected chi connectivity index (χ4v) is 6.04. The molecule has 1 aliphatic heterocycles. The average Bonchev–Trinajstić information content (AvgIpc) is 3.54. The van der Waals surface area contributed by atoms with Gasteiger partial charge in [0.1, 0.15) is 12.4 Å². The van der Waals surface area contributed by atoms with Crippen LogP contribution < -0.4 is 19.3 Å². The third-order valence-corrected chi connectivity index (χ3v) is 8.62. The number of carboxylic acids is 1. The van der Waals surface area contributed by atoms with E-state index in [0.717, 1.165) is 40.8 Å². The molecule has 1 amide bonds. The summed E-state index contributed by atoms with van der Waals surface area (Å²) in [7, 11) is 1.58. The fourth-order valence-electron chi connectivity index (χ4n) is 6.04. The SMILES string of the molecule is COc1ccc(C(C)C)cc1-c1ccc(N2CCCC2=O)cc1CN(Cc1cc(CF)cc(C(F)(F)F)c1)c1ncc(OCCCC(=O)O)cn1. The normalized spacial score (nSPS) is 13.2. The van der Waals surface area contributed by atoms with Gasteiger partial charge < -0.3 is 24.4 Å². The minimum atomic E-state index is -4.69. The zero-order valence-electron chi connectivity index (χ0n) is 28.7. The smallest absolute Gasteiger partial charge is 0.416 e. The summed E-state index contributed by atoms with van der Waals surface area (Å²) in [6.07, 6.45) is -0.525. The van der Waals surface area contributed by atoms with E-state index in [1.54, 1.807) is 16.9 Å². The average molecular weight is 709 g/mol. The largest absolute Gasteiger partial charge is 0.496 e. The number of carbonyl (C=O) groups excluding carboxylic acids is 1. The lowest BCUT2D eigenvalue weighted by atomic mass is 9.93. The van der Waals surface area contributed by atoms with Gasteiger partial charge in [0.05, 0.1) is 31.7 Å². The van der Waals surface area contributed by atoms with Crippen LogP contribution in [0.15, 0.2) is 67.0 Å². The van der Waals surface area contributed by atoms with Gasteiger partial charge in [0.2, 0.25) is 11.9 Å². The van der Waals surface area contributed by atoms with Crippen LogP contribution in [0.1, 0.15) is 73.3 Å². The van der Waals surface area contributed by atoms with Crippen LogP contribution in [0, 0.1) is 0 Å². The molecule has 1 N–H and O–H groups in total. The second-order valence-electron chi connectivity index (χ2n) is 12.7. The number of nitrogens with zero attached hydrogens (tertiary/aromatic N) is 4. The molecule has 1 aliphatic rings. The third-order valence-electron chi connectivity index (χ3n) is 8.62. The molecule has 2 heterocycles.